The van der Waals surface area contributed by atoms with E-state index in [2.05, 4.69) is 36.1 Å². The van der Waals surface area contributed by atoms with Gasteiger partial charge in [0.05, 0.1) is 0 Å². The number of benzene rings is 3. The number of para-hydroxylation sites is 1. The molecule has 1 N–H and O–H groups in total. The van der Waals surface area contributed by atoms with Crippen LogP contribution in [0.25, 0.3) is 10.8 Å². The zero-order chi connectivity index (χ0) is 15.5. The van der Waals surface area contributed by atoms with E-state index in [0.717, 1.165) is 23.1 Å². The summed E-state index contributed by atoms with van der Waals surface area (Å²) in [5, 5.41) is 12.9. The quantitative estimate of drug-likeness (QED) is 0.740. The molecule has 0 bridgehead atoms. The zero-order valence-electron chi connectivity index (χ0n) is 13.1. The lowest BCUT2D eigenvalue weighted by Crippen LogP contribution is -2.22. The summed E-state index contributed by atoms with van der Waals surface area (Å²) in [6.45, 7) is 5.70. The van der Waals surface area contributed by atoms with Crippen molar-refractivity contribution in [2.45, 2.75) is 20.4 Å². The third-order valence-corrected chi connectivity index (χ3v) is 4.17. The number of phenols is 1. The van der Waals surface area contributed by atoms with Crippen LogP contribution in [0.2, 0.25) is 0 Å². The largest absolute Gasteiger partial charge is 0.507 e. The lowest BCUT2D eigenvalue weighted by molar-refractivity contribution is 0.464. The van der Waals surface area contributed by atoms with E-state index in [0.29, 0.717) is 12.3 Å². The predicted octanol–water partition coefficient (Wildman–Crippen LogP) is 4.88. The van der Waals surface area contributed by atoms with Crippen LogP contribution < -0.4 is 4.90 Å². The molecule has 0 aromatic heterocycles. The molecule has 0 radical (unpaired) electrons. The van der Waals surface area contributed by atoms with Gasteiger partial charge >= 0.3 is 0 Å². The van der Waals surface area contributed by atoms with Crippen molar-refractivity contribution in [3.63, 3.8) is 0 Å². The van der Waals surface area contributed by atoms with Gasteiger partial charge in [0.25, 0.3) is 0 Å². The Bertz CT molecular complexity index is 780. The molecule has 0 aliphatic carbocycles. The Morgan fingerprint density at radius 1 is 0.955 bits per heavy atom. The second kappa shape index (κ2) is 6.10. The number of rotatable bonds is 4. The van der Waals surface area contributed by atoms with Gasteiger partial charge in [-0.05, 0) is 48.4 Å². The highest BCUT2D eigenvalue weighted by molar-refractivity contribution is 5.89. The van der Waals surface area contributed by atoms with Crippen LogP contribution in [-0.2, 0) is 6.54 Å². The second-order valence-corrected chi connectivity index (χ2v) is 5.59. The first kappa shape index (κ1) is 14.5. The van der Waals surface area contributed by atoms with E-state index >= 15 is 0 Å². The third kappa shape index (κ3) is 2.64. The molecule has 0 aliphatic heterocycles. The normalized spacial score (nSPS) is 10.8. The van der Waals surface area contributed by atoms with Crippen molar-refractivity contribution < 1.29 is 5.11 Å². The lowest BCUT2D eigenvalue weighted by atomic mass is 9.99. The minimum absolute atomic E-state index is 0.410. The van der Waals surface area contributed by atoms with Crippen molar-refractivity contribution in [3.05, 3.63) is 71.8 Å². The van der Waals surface area contributed by atoms with Crippen LogP contribution in [0.15, 0.2) is 60.7 Å². The Balaban J connectivity index is 2.08. The number of fused-ring (bicyclic) bond motifs is 1. The van der Waals surface area contributed by atoms with Crippen LogP contribution in [0, 0.1) is 6.92 Å². The van der Waals surface area contributed by atoms with Crippen molar-refractivity contribution in [2.24, 2.45) is 0 Å². The topological polar surface area (TPSA) is 23.5 Å². The lowest BCUT2D eigenvalue weighted by Gasteiger charge is -2.25. The van der Waals surface area contributed by atoms with Gasteiger partial charge in [0.15, 0.2) is 0 Å². The number of aromatic hydroxyl groups is 1. The minimum atomic E-state index is 0.410. The summed E-state index contributed by atoms with van der Waals surface area (Å²) in [7, 11) is 0. The molecule has 3 rings (SSSR count). The van der Waals surface area contributed by atoms with Crippen molar-refractivity contribution >= 4 is 16.5 Å². The molecule has 0 spiro atoms. The highest BCUT2D eigenvalue weighted by Crippen LogP contribution is 2.32. The SMILES string of the molecule is CCN(Cc1c(O)c(C)cc2ccccc12)c1ccccc1. The molecule has 3 aromatic carbocycles. The fraction of sp³-hybridized carbons (Fsp3) is 0.200. The molecule has 0 aliphatic rings. The molecule has 112 valence electrons. The number of aryl methyl sites for hydroxylation is 1. The molecule has 0 fully saturated rings. The Morgan fingerprint density at radius 2 is 1.64 bits per heavy atom. The van der Waals surface area contributed by atoms with E-state index in [1.807, 2.05) is 43.3 Å². The van der Waals surface area contributed by atoms with E-state index < -0.39 is 0 Å². The maximum atomic E-state index is 10.6. The molecular formula is C20H21NO. The molecule has 0 saturated heterocycles. The van der Waals surface area contributed by atoms with Crippen LogP contribution in [0.5, 0.6) is 5.75 Å². The van der Waals surface area contributed by atoms with E-state index in [-0.39, 0.29) is 0 Å². The molecule has 0 amide bonds. The summed E-state index contributed by atoms with van der Waals surface area (Å²) in [6, 6.07) is 20.6. The molecule has 2 nitrogen and oxygen atoms in total. The second-order valence-electron chi connectivity index (χ2n) is 5.59. The first-order valence-electron chi connectivity index (χ1n) is 7.71. The summed E-state index contributed by atoms with van der Waals surface area (Å²) in [6.07, 6.45) is 0. The molecule has 3 aromatic rings. The van der Waals surface area contributed by atoms with Crippen LogP contribution >= 0.6 is 0 Å². The fourth-order valence-electron chi connectivity index (χ4n) is 2.94. The van der Waals surface area contributed by atoms with Gasteiger partial charge < -0.3 is 10.0 Å². The Morgan fingerprint density at radius 3 is 2.36 bits per heavy atom. The Labute approximate surface area is 131 Å². The van der Waals surface area contributed by atoms with Gasteiger partial charge in [0, 0.05) is 24.3 Å². The maximum Gasteiger partial charge on any atom is 0.124 e. The number of phenolic OH excluding ortho intramolecular Hbond substituents is 1. The van der Waals surface area contributed by atoms with Gasteiger partial charge in [0.2, 0.25) is 0 Å². The van der Waals surface area contributed by atoms with Crippen molar-refractivity contribution in [3.8, 4) is 5.75 Å². The molecular weight excluding hydrogens is 270 g/mol. The summed E-state index contributed by atoms with van der Waals surface area (Å²) in [4.78, 5) is 2.28. The van der Waals surface area contributed by atoms with E-state index in [9.17, 15) is 5.11 Å². The molecule has 2 heteroatoms. The van der Waals surface area contributed by atoms with E-state index in [1.54, 1.807) is 0 Å². The first-order valence-corrected chi connectivity index (χ1v) is 7.71. The summed E-state index contributed by atoms with van der Waals surface area (Å²) >= 11 is 0. The Hall–Kier alpha value is -2.48. The van der Waals surface area contributed by atoms with Crippen LogP contribution in [0.1, 0.15) is 18.1 Å². The average Bonchev–Trinajstić information content (AvgIpc) is 2.56. The average molecular weight is 291 g/mol. The van der Waals surface area contributed by atoms with Gasteiger partial charge in [0.1, 0.15) is 5.75 Å². The number of hydrogen-bond acceptors (Lipinski definition) is 2. The highest BCUT2D eigenvalue weighted by atomic mass is 16.3. The molecule has 22 heavy (non-hydrogen) atoms. The first-order chi connectivity index (χ1) is 10.7. The monoisotopic (exact) mass is 291 g/mol. The third-order valence-electron chi connectivity index (χ3n) is 4.17. The van der Waals surface area contributed by atoms with Gasteiger partial charge in [-0.25, -0.2) is 0 Å². The van der Waals surface area contributed by atoms with Crippen molar-refractivity contribution in [1.82, 2.24) is 0 Å². The van der Waals surface area contributed by atoms with E-state index in [1.165, 1.54) is 11.1 Å². The van der Waals surface area contributed by atoms with Gasteiger partial charge in [-0.2, -0.15) is 0 Å². The van der Waals surface area contributed by atoms with Crippen LogP contribution in [0.3, 0.4) is 0 Å². The maximum absolute atomic E-state index is 10.6. The fourth-order valence-corrected chi connectivity index (χ4v) is 2.94. The molecule has 0 heterocycles. The van der Waals surface area contributed by atoms with Crippen molar-refractivity contribution in [2.75, 3.05) is 11.4 Å². The number of anilines is 1. The predicted molar refractivity (Wildman–Crippen MR) is 93.5 cm³/mol. The summed E-state index contributed by atoms with van der Waals surface area (Å²) in [5.74, 6) is 0.410. The summed E-state index contributed by atoms with van der Waals surface area (Å²) < 4.78 is 0. The molecule has 0 atom stereocenters. The van der Waals surface area contributed by atoms with E-state index in [4.69, 9.17) is 0 Å². The van der Waals surface area contributed by atoms with Crippen molar-refractivity contribution in [1.29, 1.82) is 0 Å². The van der Waals surface area contributed by atoms with Gasteiger partial charge in [-0.3, -0.25) is 0 Å². The van der Waals surface area contributed by atoms with Gasteiger partial charge in [-0.1, -0.05) is 42.5 Å². The zero-order valence-corrected chi connectivity index (χ0v) is 13.1. The molecule has 0 unspecified atom stereocenters. The standard InChI is InChI=1S/C20H21NO/c1-3-21(17-10-5-4-6-11-17)14-19-18-12-8-7-9-16(18)13-15(2)20(19)22/h4-13,22H,3,14H2,1-2H3. The molecule has 0 saturated carbocycles. The minimum Gasteiger partial charge on any atom is -0.507 e. The van der Waals surface area contributed by atoms with Gasteiger partial charge in [-0.15, -0.1) is 0 Å². The highest BCUT2D eigenvalue weighted by Gasteiger charge is 2.13. The van der Waals surface area contributed by atoms with Crippen LogP contribution in [-0.4, -0.2) is 11.7 Å². The summed E-state index contributed by atoms with van der Waals surface area (Å²) in [5.41, 5.74) is 3.11. The smallest absolute Gasteiger partial charge is 0.124 e. The van der Waals surface area contributed by atoms with Crippen LogP contribution in [0.4, 0.5) is 5.69 Å². The number of nitrogens with zero attached hydrogens (tertiary/aromatic N) is 1. The number of hydrogen-bond donors (Lipinski definition) is 1. The Kier molecular flexibility index (Phi) is 4.01.